The average molecular weight is 280 g/mol. The molecule has 3 rings (SSSR count). The number of aryl methyl sites for hydroxylation is 2. The standard InChI is InChI=1S/C19H24N2/c1-3-20-14-16-10-11-18(15(2)13-16)21-12-6-8-17-7-4-5-9-19(17)21/h4-5,7,9-11,13,20H,3,6,8,12,14H2,1-2H3. The predicted molar refractivity (Wildman–Crippen MR) is 90.3 cm³/mol. The SMILES string of the molecule is CCNCc1ccc(N2CCCc3ccccc32)c(C)c1. The second-order valence-corrected chi connectivity index (χ2v) is 5.79. The number of fused-ring (bicyclic) bond motifs is 1. The Morgan fingerprint density at radius 2 is 1.95 bits per heavy atom. The summed E-state index contributed by atoms with van der Waals surface area (Å²) in [6.45, 7) is 7.45. The number of hydrogen-bond acceptors (Lipinski definition) is 2. The first-order valence-electron chi connectivity index (χ1n) is 7.95. The van der Waals surface area contributed by atoms with Crippen molar-refractivity contribution in [2.75, 3.05) is 18.0 Å². The lowest BCUT2D eigenvalue weighted by molar-refractivity contribution is 0.725. The van der Waals surface area contributed by atoms with Gasteiger partial charge in [0.15, 0.2) is 0 Å². The molecule has 2 aromatic carbocycles. The van der Waals surface area contributed by atoms with Crippen molar-refractivity contribution in [2.45, 2.75) is 33.2 Å². The van der Waals surface area contributed by atoms with Crippen molar-refractivity contribution in [1.82, 2.24) is 5.32 Å². The molecule has 0 amide bonds. The van der Waals surface area contributed by atoms with Crippen LogP contribution in [-0.2, 0) is 13.0 Å². The summed E-state index contributed by atoms with van der Waals surface area (Å²) in [5.74, 6) is 0. The summed E-state index contributed by atoms with van der Waals surface area (Å²) in [7, 11) is 0. The predicted octanol–water partition coefficient (Wildman–Crippen LogP) is 4.19. The molecule has 1 N–H and O–H groups in total. The van der Waals surface area contributed by atoms with Gasteiger partial charge < -0.3 is 10.2 Å². The number of anilines is 2. The molecule has 0 atom stereocenters. The fourth-order valence-electron chi connectivity index (χ4n) is 3.18. The molecule has 0 saturated heterocycles. The zero-order valence-electron chi connectivity index (χ0n) is 13.0. The van der Waals surface area contributed by atoms with E-state index in [4.69, 9.17) is 0 Å². The number of nitrogens with zero attached hydrogens (tertiary/aromatic N) is 1. The maximum Gasteiger partial charge on any atom is 0.0443 e. The molecular weight excluding hydrogens is 256 g/mol. The molecule has 0 radical (unpaired) electrons. The number of para-hydroxylation sites is 1. The first kappa shape index (κ1) is 14.2. The van der Waals surface area contributed by atoms with Crippen LogP contribution in [0.1, 0.15) is 30.0 Å². The van der Waals surface area contributed by atoms with Gasteiger partial charge in [-0.1, -0.05) is 37.3 Å². The van der Waals surface area contributed by atoms with Crippen LogP contribution in [-0.4, -0.2) is 13.1 Å². The smallest absolute Gasteiger partial charge is 0.0443 e. The molecule has 1 heterocycles. The Morgan fingerprint density at radius 3 is 2.76 bits per heavy atom. The van der Waals surface area contributed by atoms with Gasteiger partial charge in [-0.05, 0) is 55.1 Å². The van der Waals surface area contributed by atoms with Crippen molar-refractivity contribution in [3.8, 4) is 0 Å². The second kappa shape index (κ2) is 6.31. The highest BCUT2D eigenvalue weighted by Gasteiger charge is 2.18. The maximum absolute atomic E-state index is 3.39. The van der Waals surface area contributed by atoms with Crippen molar-refractivity contribution in [3.05, 3.63) is 59.2 Å². The zero-order chi connectivity index (χ0) is 14.7. The summed E-state index contributed by atoms with van der Waals surface area (Å²) < 4.78 is 0. The monoisotopic (exact) mass is 280 g/mol. The molecular formula is C19H24N2. The molecule has 0 bridgehead atoms. The minimum absolute atomic E-state index is 0.953. The summed E-state index contributed by atoms with van der Waals surface area (Å²) in [4.78, 5) is 2.48. The zero-order valence-corrected chi connectivity index (χ0v) is 13.0. The summed E-state index contributed by atoms with van der Waals surface area (Å²) in [6, 6.07) is 15.7. The lowest BCUT2D eigenvalue weighted by atomic mass is 9.99. The summed E-state index contributed by atoms with van der Waals surface area (Å²) in [6.07, 6.45) is 2.43. The molecule has 1 aliphatic heterocycles. The Bertz CT molecular complexity index is 619. The van der Waals surface area contributed by atoms with Crippen LogP contribution < -0.4 is 10.2 Å². The largest absolute Gasteiger partial charge is 0.341 e. The summed E-state index contributed by atoms with van der Waals surface area (Å²) in [5.41, 5.74) is 6.93. The fourth-order valence-corrected chi connectivity index (χ4v) is 3.18. The molecule has 0 aromatic heterocycles. The molecule has 1 aliphatic rings. The number of rotatable bonds is 4. The Kier molecular flexibility index (Phi) is 4.26. The van der Waals surface area contributed by atoms with Crippen molar-refractivity contribution < 1.29 is 0 Å². The van der Waals surface area contributed by atoms with Crippen molar-refractivity contribution in [2.24, 2.45) is 0 Å². The minimum atomic E-state index is 0.953. The normalized spacial score (nSPS) is 14.1. The van der Waals surface area contributed by atoms with Gasteiger partial charge in [0, 0.05) is 24.5 Å². The first-order chi connectivity index (χ1) is 10.3. The van der Waals surface area contributed by atoms with Gasteiger partial charge in [-0.15, -0.1) is 0 Å². The molecule has 2 nitrogen and oxygen atoms in total. The molecule has 2 heteroatoms. The van der Waals surface area contributed by atoms with Gasteiger partial charge in [0.25, 0.3) is 0 Å². The first-order valence-corrected chi connectivity index (χ1v) is 7.95. The van der Waals surface area contributed by atoms with E-state index in [-0.39, 0.29) is 0 Å². The van der Waals surface area contributed by atoms with Crippen LogP contribution in [0.3, 0.4) is 0 Å². The van der Waals surface area contributed by atoms with E-state index in [0.29, 0.717) is 0 Å². The quantitative estimate of drug-likeness (QED) is 0.903. The van der Waals surface area contributed by atoms with Crippen LogP contribution in [0, 0.1) is 6.92 Å². The van der Waals surface area contributed by atoms with Gasteiger partial charge in [-0.25, -0.2) is 0 Å². The average Bonchev–Trinajstić information content (AvgIpc) is 2.53. The third-order valence-corrected chi connectivity index (χ3v) is 4.24. The third-order valence-electron chi connectivity index (χ3n) is 4.24. The van der Waals surface area contributed by atoms with Crippen LogP contribution in [0.2, 0.25) is 0 Å². The van der Waals surface area contributed by atoms with Gasteiger partial charge in [0.05, 0.1) is 0 Å². The summed E-state index contributed by atoms with van der Waals surface area (Å²) >= 11 is 0. The molecule has 0 unspecified atom stereocenters. The molecule has 110 valence electrons. The lowest BCUT2D eigenvalue weighted by Crippen LogP contribution is -2.25. The van der Waals surface area contributed by atoms with Crippen LogP contribution >= 0.6 is 0 Å². The van der Waals surface area contributed by atoms with Gasteiger partial charge in [0.2, 0.25) is 0 Å². The highest BCUT2D eigenvalue weighted by atomic mass is 15.1. The highest BCUT2D eigenvalue weighted by Crippen LogP contribution is 2.35. The van der Waals surface area contributed by atoms with Crippen LogP contribution in [0.5, 0.6) is 0 Å². The summed E-state index contributed by atoms with van der Waals surface area (Å²) in [5, 5.41) is 3.39. The van der Waals surface area contributed by atoms with Crippen LogP contribution in [0.25, 0.3) is 0 Å². The molecule has 0 spiro atoms. The van der Waals surface area contributed by atoms with Gasteiger partial charge in [-0.2, -0.15) is 0 Å². The van der Waals surface area contributed by atoms with E-state index in [1.807, 2.05) is 0 Å². The van der Waals surface area contributed by atoms with Crippen LogP contribution in [0.4, 0.5) is 11.4 Å². The Morgan fingerprint density at radius 1 is 1.10 bits per heavy atom. The molecule has 0 fully saturated rings. The lowest BCUT2D eigenvalue weighted by Gasteiger charge is -2.32. The van der Waals surface area contributed by atoms with Gasteiger partial charge in [0.1, 0.15) is 0 Å². The second-order valence-electron chi connectivity index (χ2n) is 5.79. The van der Waals surface area contributed by atoms with Crippen molar-refractivity contribution in [3.63, 3.8) is 0 Å². The molecule has 21 heavy (non-hydrogen) atoms. The molecule has 0 saturated carbocycles. The maximum atomic E-state index is 3.39. The molecule has 0 aliphatic carbocycles. The van der Waals surface area contributed by atoms with E-state index in [9.17, 15) is 0 Å². The van der Waals surface area contributed by atoms with E-state index >= 15 is 0 Å². The topological polar surface area (TPSA) is 15.3 Å². The van der Waals surface area contributed by atoms with Crippen molar-refractivity contribution in [1.29, 1.82) is 0 Å². The van der Waals surface area contributed by atoms with E-state index in [1.54, 1.807) is 0 Å². The van der Waals surface area contributed by atoms with Crippen LogP contribution in [0.15, 0.2) is 42.5 Å². The van der Waals surface area contributed by atoms with Gasteiger partial charge >= 0.3 is 0 Å². The van der Waals surface area contributed by atoms with Gasteiger partial charge in [-0.3, -0.25) is 0 Å². The van der Waals surface area contributed by atoms with E-state index in [0.717, 1.165) is 19.6 Å². The third kappa shape index (κ3) is 2.96. The Balaban J connectivity index is 1.91. The van der Waals surface area contributed by atoms with Crippen molar-refractivity contribution >= 4 is 11.4 Å². The Labute approximate surface area is 127 Å². The minimum Gasteiger partial charge on any atom is -0.341 e. The fraction of sp³-hybridized carbons (Fsp3) is 0.368. The van der Waals surface area contributed by atoms with E-state index < -0.39 is 0 Å². The van der Waals surface area contributed by atoms with E-state index in [2.05, 4.69) is 66.5 Å². The number of nitrogens with one attached hydrogen (secondary N) is 1. The Hall–Kier alpha value is -1.80. The van der Waals surface area contributed by atoms with E-state index in [1.165, 1.54) is 40.9 Å². The highest BCUT2D eigenvalue weighted by molar-refractivity contribution is 5.70. The molecule has 2 aromatic rings. The number of hydrogen-bond donors (Lipinski definition) is 1. The number of benzene rings is 2.